The number of hydrogen-bond donors (Lipinski definition) is 2. The summed E-state index contributed by atoms with van der Waals surface area (Å²) < 4.78 is 49.4. The van der Waals surface area contributed by atoms with Crippen LogP contribution in [0.5, 0.6) is 5.75 Å². The van der Waals surface area contributed by atoms with Crippen LogP contribution in [0.25, 0.3) is 11.5 Å². The number of aromatic nitrogens is 5. The van der Waals surface area contributed by atoms with Crippen LogP contribution < -0.4 is 20.3 Å². The lowest BCUT2D eigenvalue weighted by Crippen LogP contribution is -2.52. The standard InChI is InChI=1S/C38H31Cl2F3N8O5/c1-35(17-20-2-7-26(8-3-20)55-38(41,42)43)33(54)50(25-15-23(39)14-24(40)16-25)34-45-19-27(51(34)35)30(52)47-37(12-13-37)32(53)48-36(10-11-36)28-9-6-22(18-44-28)31-46-29(49-56-31)21-4-5-21/h2-3,6-9,14-16,18-19,21H,4-5,10-13,17H2,1H3,(H,47,52)(H,48,53)/t35-/m1/s1. The number of rotatable bonds is 11. The highest BCUT2D eigenvalue weighted by atomic mass is 35.5. The van der Waals surface area contributed by atoms with Gasteiger partial charge in [0.05, 0.1) is 28.7 Å². The molecular weight excluding hydrogens is 776 g/mol. The quantitative estimate of drug-likeness (QED) is 0.142. The van der Waals surface area contributed by atoms with E-state index in [0.717, 1.165) is 25.0 Å². The molecule has 3 aromatic heterocycles. The lowest BCUT2D eigenvalue weighted by Gasteiger charge is -2.27. The third-order valence-electron chi connectivity index (χ3n) is 10.7. The van der Waals surface area contributed by atoms with Crippen molar-refractivity contribution in [3.8, 4) is 17.2 Å². The Morgan fingerprint density at radius 2 is 1.68 bits per heavy atom. The maximum Gasteiger partial charge on any atom is 0.573 e. The van der Waals surface area contributed by atoms with Gasteiger partial charge in [0.25, 0.3) is 17.7 Å². The Balaban J connectivity index is 0.966. The molecule has 4 heterocycles. The molecule has 13 nitrogen and oxygen atoms in total. The number of pyridine rings is 1. The zero-order chi connectivity index (χ0) is 39.2. The van der Waals surface area contributed by atoms with Crippen molar-refractivity contribution >= 4 is 52.6 Å². The maximum atomic E-state index is 14.4. The minimum absolute atomic E-state index is 0.00756. The van der Waals surface area contributed by atoms with Gasteiger partial charge in [-0.1, -0.05) is 40.5 Å². The average molecular weight is 808 g/mol. The van der Waals surface area contributed by atoms with Crippen molar-refractivity contribution in [2.45, 2.75) is 80.8 Å². The second-order valence-corrected chi connectivity index (χ2v) is 15.8. The molecule has 3 aliphatic carbocycles. The summed E-state index contributed by atoms with van der Waals surface area (Å²) >= 11 is 12.6. The lowest BCUT2D eigenvalue weighted by atomic mass is 9.91. The summed E-state index contributed by atoms with van der Waals surface area (Å²) in [6.45, 7) is 1.60. The minimum Gasteiger partial charge on any atom is -0.406 e. The number of amides is 3. The van der Waals surface area contributed by atoms with Crippen molar-refractivity contribution in [2.24, 2.45) is 0 Å². The first-order chi connectivity index (χ1) is 26.7. The number of fused-ring (bicyclic) bond motifs is 1. The molecule has 1 atom stereocenters. The molecule has 0 spiro atoms. The van der Waals surface area contributed by atoms with Gasteiger partial charge in [-0.2, -0.15) is 4.98 Å². The van der Waals surface area contributed by atoms with Gasteiger partial charge in [0.1, 0.15) is 22.5 Å². The van der Waals surface area contributed by atoms with Crippen molar-refractivity contribution in [2.75, 3.05) is 4.90 Å². The Labute approximate surface area is 326 Å². The van der Waals surface area contributed by atoms with Crippen LogP contribution >= 0.6 is 23.2 Å². The molecule has 0 unspecified atom stereocenters. The molecule has 56 heavy (non-hydrogen) atoms. The largest absolute Gasteiger partial charge is 0.573 e. The number of nitrogens with zero attached hydrogens (tertiary/aromatic N) is 6. The Morgan fingerprint density at radius 3 is 2.29 bits per heavy atom. The van der Waals surface area contributed by atoms with Crippen molar-refractivity contribution in [3.63, 3.8) is 0 Å². The van der Waals surface area contributed by atoms with Gasteiger partial charge in [-0.3, -0.25) is 23.9 Å². The van der Waals surface area contributed by atoms with Crippen LogP contribution in [-0.4, -0.2) is 54.3 Å². The van der Waals surface area contributed by atoms with Crippen molar-refractivity contribution in [1.29, 1.82) is 0 Å². The topological polar surface area (TPSA) is 157 Å². The van der Waals surface area contributed by atoms with Crippen LogP contribution in [0.3, 0.4) is 0 Å². The van der Waals surface area contributed by atoms with Crippen molar-refractivity contribution in [1.82, 2.24) is 35.3 Å². The van der Waals surface area contributed by atoms with E-state index in [0.29, 0.717) is 65.8 Å². The molecule has 2 aromatic carbocycles. The number of benzene rings is 2. The summed E-state index contributed by atoms with van der Waals surface area (Å²) in [5, 5.41) is 10.6. The SMILES string of the molecule is C[C@@]1(Cc2ccc(OC(F)(F)F)cc2)C(=O)N(c2cc(Cl)cc(Cl)c2)c2ncc(C(=O)NC3(C(=O)NC4(c5ccc(-c6nc(C7CC7)no6)cn5)CC4)CC3)n21. The van der Waals surface area contributed by atoms with Crippen LogP contribution in [0.2, 0.25) is 10.0 Å². The first-order valence-electron chi connectivity index (χ1n) is 17.8. The van der Waals surface area contributed by atoms with Gasteiger partial charge in [0.15, 0.2) is 5.82 Å². The monoisotopic (exact) mass is 806 g/mol. The predicted octanol–water partition coefficient (Wildman–Crippen LogP) is 7.12. The van der Waals surface area contributed by atoms with Gasteiger partial charge in [-0.25, -0.2) is 9.88 Å². The third kappa shape index (κ3) is 6.53. The zero-order valence-electron chi connectivity index (χ0n) is 29.5. The summed E-state index contributed by atoms with van der Waals surface area (Å²) in [5.74, 6) is -0.424. The lowest BCUT2D eigenvalue weighted by molar-refractivity contribution is -0.274. The van der Waals surface area contributed by atoms with E-state index >= 15 is 0 Å². The highest BCUT2D eigenvalue weighted by Gasteiger charge is 2.57. The van der Waals surface area contributed by atoms with E-state index in [9.17, 15) is 27.6 Å². The highest BCUT2D eigenvalue weighted by Crippen LogP contribution is 2.48. The van der Waals surface area contributed by atoms with Crippen LogP contribution in [0.1, 0.15) is 78.9 Å². The summed E-state index contributed by atoms with van der Waals surface area (Å²) in [4.78, 5) is 57.4. The highest BCUT2D eigenvalue weighted by molar-refractivity contribution is 6.35. The van der Waals surface area contributed by atoms with E-state index in [4.69, 9.17) is 27.7 Å². The minimum atomic E-state index is -4.88. The summed E-state index contributed by atoms with van der Waals surface area (Å²) in [7, 11) is 0. The molecule has 4 aliphatic rings. The van der Waals surface area contributed by atoms with Gasteiger partial charge in [-0.05, 0) is 93.5 Å². The van der Waals surface area contributed by atoms with Gasteiger partial charge >= 0.3 is 6.36 Å². The number of anilines is 2. The van der Waals surface area contributed by atoms with E-state index in [-0.39, 0.29) is 34.0 Å². The van der Waals surface area contributed by atoms with Gasteiger partial charge in [-0.15, -0.1) is 13.2 Å². The Morgan fingerprint density at radius 1 is 0.964 bits per heavy atom. The number of hydrogen-bond acceptors (Lipinski definition) is 9. The second kappa shape index (κ2) is 12.8. The van der Waals surface area contributed by atoms with Crippen LogP contribution in [-0.2, 0) is 27.1 Å². The molecule has 0 radical (unpaired) electrons. The van der Waals surface area contributed by atoms with E-state index in [1.165, 1.54) is 46.0 Å². The second-order valence-electron chi connectivity index (χ2n) is 14.9. The zero-order valence-corrected chi connectivity index (χ0v) is 31.0. The number of imidazole rings is 1. The summed E-state index contributed by atoms with van der Waals surface area (Å²) in [6.07, 6.45) is 2.19. The number of carbonyl (C=O) groups excluding carboxylic acids is 3. The first-order valence-corrected chi connectivity index (χ1v) is 18.6. The smallest absolute Gasteiger partial charge is 0.406 e. The molecule has 5 aromatic rings. The molecule has 18 heteroatoms. The fraction of sp³-hybridized carbons (Fsp3) is 0.342. The molecule has 0 saturated heterocycles. The van der Waals surface area contributed by atoms with Crippen LogP contribution in [0.4, 0.5) is 24.8 Å². The van der Waals surface area contributed by atoms with E-state index < -0.39 is 40.5 Å². The van der Waals surface area contributed by atoms with Crippen molar-refractivity contribution in [3.05, 3.63) is 99.8 Å². The average Bonchev–Trinajstić information content (AvgIpc) is 4.11. The van der Waals surface area contributed by atoms with Crippen molar-refractivity contribution < 1.29 is 36.8 Å². The van der Waals surface area contributed by atoms with Gasteiger partial charge in [0.2, 0.25) is 11.9 Å². The Hall–Kier alpha value is -5.48. The number of ether oxygens (including phenoxy) is 1. The Kier molecular flexibility index (Phi) is 8.25. The molecule has 3 amide bonds. The molecule has 3 fully saturated rings. The molecule has 288 valence electrons. The fourth-order valence-corrected chi connectivity index (χ4v) is 7.74. The first kappa shape index (κ1) is 36.2. The molecular formula is C38H31Cl2F3N8O5. The maximum absolute atomic E-state index is 14.4. The summed E-state index contributed by atoms with van der Waals surface area (Å²) in [5.41, 5.74) is -1.34. The van der Waals surface area contributed by atoms with E-state index in [1.54, 1.807) is 13.1 Å². The number of nitrogens with one attached hydrogen (secondary N) is 2. The van der Waals surface area contributed by atoms with E-state index in [2.05, 4.69) is 35.5 Å². The molecule has 9 rings (SSSR count). The third-order valence-corrected chi connectivity index (χ3v) is 11.1. The Bertz CT molecular complexity index is 2390. The molecule has 1 aliphatic heterocycles. The van der Waals surface area contributed by atoms with Gasteiger partial charge in [0, 0.05) is 28.6 Å². The van der Waals surface area contributed by atoms with Gasteiger partial charge < -0.3 is 19.9 Å². The fourth-order valence-electron chi connectivity index (χ4n) is 7.22. The van der Waals surface area contributed by atoms with E-state index in [1.807, 2.05) is 12.1 Å². The number of alkyl halides is 3. The normalized spacial score (nSPS) is 20.4. The number of carbonyl (C=O) groups is 3. The molecule has 0 bridgehead atoms. The summed E-state index contributed by atoms with van der Waals surface area (Å²) in [6, 6.07) is 13.3. The van der Waals surface area contributed by atoms with Crippen LogP contribution in [0.15, 0.2) is 71.5 Å². The molecule has 2 N–H and O–H groups in total. The number of halogens is 5. The molecule has 3 saturated carbocycles. The van der Waals surface area contributed by atoms with Crippen LogP contribution in [0, 0.1) is 0 Å². The predicted molar refractivity (Wildman–Crippen MR) is 194 cm³/mol.